The van der Waals surface area contributed by atoms with Gasteiger partial charge in [0.1, 0.15) is 0 Å². The number of hydrogen-bond donors (Lipinski definition) is 2. The second-order valence-corrected chi connectivity index (χ2v) is 7.53. The topological polar surface area (TPSA) is 55.1 Å². The van der Waals surface area contributed by atoms with Crippen molar-refractivity contribution in [2.24, 2.45) is 5.73 Å². The molecule has 0 rings (SSSR count). The van der Waals surface area contributed by atoms with Crippen molar-refractivity contribution in [3.63, 3.8) is 0 Å². The monoisotopic (exact) mass is 366 g/mol. The normalized spacial score (nSPS) is 11.3. The van der Waals surface area contributed by atoms with Gasteiger partial charge in [0, 0.05) is 13.0 Å². The molecule has 1 amide bonds. The number of carbonyl (C=O) groups excluding carboxylic acids is 1. The van der Waals surface area contributed by atoms with Crippen molar-refractivity contribution in [2.75, 3.05) is 13.1 Å². The molecule has 154 valence electrons. The zero-order chi connectivity index (χ0) is 19.1. The second-order valence-electron chi connectivity index (χ2n) is 7.53. The lowest BCUT2D eigenvalue weighted by atomic mass is 10.1. The van der Waals surface area contributed by atoms with Crippen molar-refractivity contribution < 1.29 is 4.79 Å². The van der Waals surface area contributed by atoms with Crippen LogP contribution >= 0.6 is 0 Å². The summed E-state index contributed by atoms with van der Waals surface area (Å²) in [5.74, 6) is 0.218. The average Bonchev–Trinajstić information content (AvgIpc) is 2.64. The summed E-state index contributed by atoms with van der Waals surface area (Å²) in [4.78, 5) is 11.7. The number of unbranched alkanes of at least 4 members (excludes halogenated alkanes) is 13. The Hall–Kier alpha value is -0.830. The molecular weight excluding hydrogens is 320 g/mol. The summed E-state index contributed by atoms with van der Waals surface area (Å²) in [5.41, 5.74) is 5.45. The zero-order valence-corrected chi connectivity index (χ0v) is 17.6. The minimum Gasteiger partial charge on any atom is -0.356 e. The molecule has 0 aromatic carbocycles. The van der Waals surface area contributed by atoms with Crippen LogP contribution in [0.2, 0.25) is 0 Å². The van der Waals surface area contributed by atoms with E-state index in [2.05, 4.69) is 24.4 Å². The molecule has 0 unspecified atom stereocenters. The van der Waals surface area contributed by atoms with E-state index < -0.39 is 0 Å². The summed E-state index contributed by atoms with van der Waals surface area (Å²) >= 11 is 0. The fourth-order valence-corrected chi connectivity index (χ4v) is 3.12. The van der Waals surface area contributed by atoms with Crippen LogP contribution in [-0.4, -0.2) is 19.0 Å². The zero-order valence-electron chi connectivity index (χ0n) is 17.6. The molecule has 0 bridgehead atoms. The lowest BCUT2D eigenvalue weighted by Crippen LogP contribution is -2.24. The Morgan fingerprint density at radius 2 is 1.27 bits per heavy atom. The number of rotatable bonds is 20. The van der Waals surface area contributed by atoms with Gasteiger partial charge in [0.05, 0.1) is 0 Å². The summed E-state index contributed by atoms with van der Waals surface area (Å²) in [6, 6.07) is 0. The number of amides is 1. The fourth-order valence-electron chi connectivity index (χ4n) is 3.12. The van der Waals surface area contributed by atoms with Gasteiger partial charge < -0.3 is 11.1 Å². The van der Waals surface area contributed by atoms with Crippen LogP contribution in [0.4, 0.5) is 0 Å². The van der Waals surface area contributed by atoms with E-state index in [9.17, 15) is 4.79 Å². The van der Waals surface area contributed by atoms with Crippen LogP contribution in [0.1, 0.15) is 116 Å². The van der Waals surface area contributed by atoms with Crippen LogP contribution in [0, 0.1) is 0 Å². The van der Waals surface area contributed by atoms with Crippen molar-refractivity contribution in [3.05, 3.63) is 12.2 Å². The van der Waals surface area contributed by atoms with Crippen LogP contribution in [0.5, 0.6) is 0 Å². The average molecular weight is 367 g/mol. The third-order valence-electron chi connectivity index (χ3n) is 4.87. The Labute approximate surface area is 163 Å². The predicted octanol–water partition coefficient (Wildman–Crippen LogP) is 6.27. The molecule has 0 spiro atoms. The van der Waals surface area contributed by atoms with E-state index in [0.29, 0.717) is 6.42 Å². The Bertz CT molecular complexity index is 315. The largest absolute Gasteiger partial charge is 0.356 e. The molecule has 0 saturated carbocycles. The van der Waals surface area contributed by atoms with Gasteiger partial charge in [-0.15, -0.1) is 0 Å². The molecule has 0 fully saturated rings. The van der Waals surface area contributed by atoms with Gasteiger partial charge >= 0.3 is 0 Å². The first-order valence-electron chi connectivity index (χ1n) is 11.4. The fraction of sp³-hybridized carbons (Fsp3) is 0.870. The van der Waals surface area contributed by atoms with E-state index in [1.165, 1.54) is 77.0 Å². The number of nitrogens with two attached hydrogens (primary N) is 1. The molecule has 26 heavy (non-hydrogen) atoms. The first kappa shape index (κ1) is 25.2. The molecule has 0 aliphatic rings. The van der Waals surface area contributed by atoms with Crippen LogP contribution in [0.3, 0.4) is 0 Å². The molecular formula is C23H46N2O. The molecule has 0 radical (unpaired) electrons. The van der Waals surface area contributed by atoms with Gasteiger partial charge in [-0.05, 0) is 51.5 Å². The van der Waals surface area contributed by atoms with E-state index in [-0.39, 0.29) is 5.91 Å². The Morgan fingerprint density at radius 1 is 0.731 bits per heavy atom. The molecule has 0 aliphatic carbocycles. The van der Waals surface area contributed by atoms with Gasteiger partial charge in [0.15, 0.2) is 0 Å². The van der Waals surface area contributed by atoms with Crippen molar-refractivity contribution in [2.45, 2.75) is 116 Å². The first-order valence-corrected chi connectivity index (χ1v) is 11.4. The minimum atomic E-state index is 0.218. The molecule has 0 heterocycles. The van der Waals surface area contributed by atoms with Gasteiger partial charge in [0.25, 0.3) is 0 Å². The van der Waals surface area contributed by atoms with Crippen LogP contribution in [-0.2, 0) is 4.79 Å². The third kappa shape index (κ3) is 21.2. The smallest absolute Gasteiger partial charge is 0.219 e. The molecule has 0 saturated heterocycles. The molecule has 0 atom stereocenters. The minimum absolute atomic E-state index is 0.218. The van der Waals surface area contributed by atoms with Crippen LogP contribution in [0.25, 0.3) is 0 Å². The molecule has 3 N–H and O–H groups in total. The van der Waals surface area contributed by atoms with E-state index in [4.69, 9.17) is 5.73 Å². The predicted molar refractivity (Wildman–Crippen MR) is 115 cm³/mol. The van der Waals surface area contributed by atoms with Crippen molar-refractivity contribution in [1.82, 2.24) is 5.32 Å². The number of hydrogen-bond acceptors (Lipinski definition) is 2. The van der Waals surface area contributed by atoms with Crippen molar-refractivity contribution in [3.8, 4) is 0 Å². The van der Waals surface area contributed by atoms with Crippen molar-refractivity contribution in [1.29, 1.82) is 0 Å². The van der Waals surface area contributed by atoms with Crippen LogP contribution in [0.15, 0.2) is 12.2 Å². The number of carbonyl (C=O) groups is 1. The maximum absolute atomic E-state index is 11.7. The lowest BCUT2D eigenvalue weighted by Gasteiger charge is -2.05. The summed E-state index contributed by atoms with van der Waals surface area (Å²) < 4.78 is 0. The summed E-state index contributed by atoms with van der Waals surface area (Å²) in [6.45, 7) is 3.83. The number of nitrogens with one attached hydrogen (secondary N) is 1. The molecule has 3 heteroatoms. The molecule has 0 aliphatic heterocycles. The van der Waals surface area contributed by atoms with Gasteiger partial charge in [-0.1, -0.05) is 76.9 Å². The molecule has 0 aromatic heterocycles. The third-order valence-corrected chi connectivity index (χ3v) is 4.87. The lowest BCUT2D eigenvalue weighted by molar-refractivity contribution is -0.121. The highest BCUT2D eigenvalue weighted by molar-refractivity contribution is 5.75. The summed E-state index contributed by atoms with van der Waals surface area (Å²) in [6.07, 6.45) is 25.5. The Morgan fingerprint density at radius 3 is 1.88 bits per heavy atom. The van der Waals surface area contributed by atoms with Gasteiger partial charge in [-0.3, -0.25) is 4.79 Å². The van der Waals surface area contributed by atoms with E-state index in [0.717, 1.165) is 38.8 Å². The van der Waals surface area contributed by atoms with E-state index in [1.54, 1.807) is 0 Å². The van der Waals surface area contributed by atoms with Gasteiger partial charge in [0.2, 0.25) is 5.91 Å². The van der Waals surface area contributed by atoms with Crippen LogP contribution < -0.4 is 11.1 Å². The Balaban J connectivity index is 3.18. The number of allylic oxidation sites excluding steroid dienone is 2. The molecule has 3 nitrogen and oxygen atoms in total. The van der Waals surface area contributed by atoms with E-state index >= 15 is 0 Å². The first-order chi connectivity index (χ1) is 12.8. The Kier molecular flexibility index (Phi) is 21.5. The molecule has 0 aromatic rings. The summed E-state index contributed by atoms with van der Waals surface area (Å²) in [5, 5.41) is 3.00. The second kappa shape index (κ2) is 22.2. The SMILES string of the molecule is CCCCCCCC/C=C\CCCCCCCC(=O)NCCCCCN. The summed E-state index contributed by atoms with van der Waals surface area (Å²) in [7, 11) is 0. The van der Waals surface area contributed by atoms with Gasteiger partial charge in [-0.25, -0.2) is 0 Å². The quantitative estimate of drug-likeness (QED) is 0.197. The highest BCUT2D eigenvalue weighted by Gasteiger charge is 2.00. The highest BCUT2D eigenvalue weighted by atomic mass is 16.1. The van der Waals surface area contributed by atoms with E-state index in [1.807, 2.05) is 0 Å². The maximum Gasteiger partial charge on any atom is 0.219 e. The maximum atomic E-state index is 11.7. The van der Waals surface area contributed by atoms with Gasteiger partial charge in [-0.2, -0.15) is 0 Å². The van der Waals surface area contributed by atoms with Crippen molar-refractivity contribution >= 4 is 5.91 Å². The standard InChI is InChI=1S/C23H46N2O/c1-2-3-4-5-6-7-8-9-10-11-12-13-14-15-17-20-23(26)25-22-19-16-18-21-24/h9-10H,2-8,11-22,24H2,1H3,(H,25,26)/b10-9-. The highest BCUT2D eigenvalue weighted by Crippen LogP contribution is 2.10.